The lowest BCUT2D eigenvalue weighted by Crippen LogP contribution is -2.43. The van der Waals surface area contributed by atoms with Crippen LogP contribution in [0.3, 0.4) is 0 Å². The Hall–Kier alpha value is -1.37. The summed E-state index contributed by atoms with van der Waals surface area (Å²) < 4.78 is 11.1. The van der Waals surface area contributed by atoms with E-state index in [1.807, 2.05) is 12.1 Å². The van der Waals surface area contributed by atoms with E-state index in [9.17, 15) is 0 Å². The van der Waals surface area contributed by atoms with Crippen molar-refractivity contribution in [3.8, 4) is 5.88 Å². The van der Waals surface area contributed by atoms with E-state index >= 15 is 0 Å². The Kier molecular flexibility index (Phi) is 5.26. The van der Waals surface area contributed by atoms with Crippen molar-refractivity contribution < 1.29 is 9.47 Å². The standard InChI is InChI=1S/C15H24N4O2/c1-2-14(19-6-4-16-5-7-19)17-15(3-1)21-13-10-18-8-11-20-12-9-18/h1-3,16H,4-13H2. The largest absolute Gasteiger partial charge is 0.476 e. The molecule has 3 rings (SSSR count). The van der Waals surface area contributed by atoms with Crippen molar-refractivity contribution in [3.05, 3.63) is 18.2 Å². The Labute approximate surface area is 126 Å². The first-order chi connectivity index (χ1) is 10.4. The molecule has 1 aromatic rings. The minimum atomic E-state index is 0.679. The Morgan fingerprint density at radius 2 is 1.95 bits per heavy atom. The molecule has 2 saturated heterocycles. The van der Waals surface area contributed by atoms with E-state index in [0.717, 1.165) is 70.7 Å². The number of hydrogen-bond donors (Lipinski definition) is 1. The van der Waals surface area contributed by atoms with Gasteiger partial charge in [-0.05, 0) is 6.07 Å². The molecule has 0 aliphatic carbocycles. The van der Waals surface area contributed by atoms with Gasteiger partial charge in [-0.15, -0.1) is 0 Å². The number of rotatable bonds is 5. The molecule has 1 N–H and O–H groups in total. The van der Waals surface area contributed by atoms with Gasteiger partial charge in [0.25, 0.3) is 0 Å². The highest BCUT2D eigenvalue weighted by Gasteiger charge is 2.13. The monoisotopic (exact) mass is 292 g/mol. The maximum Gasteiger partial charge on any atom is 0.215 e. The fourth-order valence-corrected chi connectivity index (χ4v) is 2.66. The first-order valence-corrected chi connectivity index (χ1v) is 7.77. The molecule has 6 nitrogen and oxygen atoms in total. The van der Waals surface area contributed by atoms with Crippen molar-refractivity contribution in [2.45, 2.75) is 0 Å². The number of nitrogens with zero attached hydrogens (tertiary/aromatic N) is 3. The number of hydrogen-bond acceptors (Lipinski definition) is 6. The van der Waals surface area contributed by atoms with Crippen LogP contribution < -0.4 is 15.0 Å². The molecule has 1 aromatic heterocycles. The third-order valence-corrected chi connectivity index (χ3v) is 3.91. The van der Waals surface area contributed by atoms with Crippen LogP contribution in [0.1, 0.15) is 0 Å². The molecule has 21 heavy (non-hydrogen) atoms. The molecule has 0 atom stereocenters. The lowest BCUT2D eigenvalue weighted by atomic mass is 10.3. The molecule has 0 amide bonds. The molecule has 0 bridgehead atoms. The summed E-state index contributed by atoms with van der Waals surface area (Å²) in [7, 11) is 0. The highest BCUT2D eigenvalue weighted by molar-refractivity contribution is 5.41. The minimum absolute atomic E-state index is 0.679. The van der Waals surface area contributed by atoms with Crippen LogP contribution in [0.5, 0.6) is 5.88 Å². The molecule has 0 aromatic carbocycles. The average molecular weight is 292 g/mol. The summed E-state index contributed by atoms with van der Waals surface area (Å²) in [5.41, 5.74) is 0. The Bertz CT molecular complexity index is 431. The van der Waals surface area contributed by atoms with Crippen molar-refractivity contribution in [1.82, 2.24) is 15.2 Å². The molecule has 0 spiro atoms. The molecule has 0 unspecified atom stereocenters. The number of aromatic nitrogens is 1. The van der Waals surface area contributed by atoms with Crippen LogP contribution in [0.4, 0.5) is 5.82 Å². The van der Waals surface area contributed by atoms with E-state index in [1.54, 1.807) is 0 Å². The maximum absolute atomic E-state index is 5.80. The van der Waals surface area contributed by atoms with Gasteiger partial charge in [0.15, 0.2) is 0 Å². The van der Waals surface area contributed by atoms with Gasteiger partial charge in [-0.1, -0.05) is 6.07 Å². The molecule has 0 saturated carbocycles. The van der Waals surface area contributed by atoms with Crippen molar-refractivity contribution in [3.63, 3.8) is 0 Å². The molecular weight excluding hydrogens is 268 g/mol. The second-order valence-corrected chi connectivity index (χ2v) is 5.37. The molecule has 2 aliphatic rings. The van der Waals surface area contributed by atoms with Gasteiger partial charge < -0.3 is 19.7 Å². The van der Waals surface area contributed by atoms with Crippen LogP contribution >= 0.6 is 0 Å². The number of ether oxygens (including phenoxy) is 2. The van der Waals surface area contributed by atoms with Gasteiger partial charge >= 0.3 is 0 Å². The zero-order valence-corrected chi connectivity index (χ0v) is 12.5. The Morgan fingerprint density at radius 3 is 2.76 bits per heavy atom. The summed E-state index contributed by atoms with van der Waals surface area (Å²) in [6.45, 7) is 9.31. The molecule has 6 heteroatoms. The van der Waals surface area contributed by atoms with Gasteiger partial charge in [-0.2, -0.15) is 4.98 Å². The van der Waals surface area contributed by atoms with Crippen LogP contribution in [0.15, 0.2) is 18.2 Å². The zero-order valence-electron chi connectivity index (χ0n) is 12.5. The van der Waals surface area contributed by atoms with Gasteiger partial charge in [0.2, 0.25) is 5.88 Å². The zero-order chi connectivity index (χ0) is 14.3. The number of anilines is 1. The predicted molar refractivity (Wildman–Crippen MR) is 82.1 cm³/mol. The number of morpholine rings is 1. The summed E-state index contributed by atoms with van der Waals surface area (Å²) in [6, 6.07) is 6.01. The molecule has 0 radical (unpaired) electrons. The van der Waals surface area contributed by atoms with E-state index in [4.69, 9.17) is 9.47 Å². The Morgan fingerprint density at radius 1 is 1.14 bits per heavy atom. The third kappa shape index (κ3) is 4.30. The van der Waals surface area contributed by atoms with Crippen LogP contribution in [0.25, 0.3) is 0 Å². The van der Waals surface area contributed by atoms with E-state index < -0.39 is 0 Å². The molecule has 2 fully saturated rings. The van der Waals surface area contributed by atoms with Gasteiger partial charge in [0, 0.05) is 51.9 Å². The van der Waals surface area contributed by atoms with E-state index in [-0.39, 0.29) is 0 Å². The summed E-state index contributed by atoms with van der Waals surface area (Å²) in [5, 5.41) is 3.35. The van der Waals surface area contributed by atoms with E-state index in [1.165, 1.54) is 0 Å². The number of nitrogens with one attached hydrogen (secondary N) is 1. The molecule has 3 heterocycles. The van der Waals surface area contributed by atoms with Crippen molar-refractivity contribution in [2.75, 3.05) is 70.5 Å². The maximum atomic E-state index is 5.80. The summed E-state index contributed by atoms with van der Waals surface area (Å²) in [4.78, 5) is 9.27. The Balaban J connectivity index is 1.48. The average Bonchev–Trinajstić information content (AvgIpc) is 2.57. The summed E-state index contributed by atoms with van der Waals surface area (Å²) in [5.74, 6) is 1.74. The fraction of sp³-hybridized carbons (Fsp3) is 0.667. The molecule has 2 aliphatic heterocycles. The molecule has 116 valence electrons. The second kappa shape index (κ2) is 7.59. The van der Waals surface area contributed by atoms with Crippen molar-refractivity contribution in [2.24, 2.45) is 0 Å². The SMILES string of the molecule is c1cc(OCCN2CCOCC2)nc(N2CCNCC2)c1. The van der Waals surface area contributed by atoms with Gasteiger partial charge in [0.1, 0.15) is 12.4 Å². The first-order valence-electron chi connectivity index (χ1n) is 7.77. The van der Waals surface area contributed by atoms with Crippen LogP contribution in [-0.2, 0) is 4.74 Å². The first kappa shape index (κ1) is 14.6. The van der Waals surface area contributed by atoms with Crippen molar-refractivity contribution in [1.29, 1.82) is 0 Å². The fourth-order valence-electron chi connectivity index (χ4n) is 2.66. The lowest BCUT2D eigenvalue weighted by Gasteiger charge is -2.28. The summed E-state index contributed by atoms with van der Waals surface area (Å²) in [6.07, 6.45) is 0. The lowest BCUT2D eigenvalue weighted by molar-refractivity contribution is 0.0320. The van der Waals surface area contributed by atoms with Gasteiger partial charge in [-0.3, -0.25) is 4.90 Å². The van der Waals surface area contributed by atoms with Crippen LogP contribution in [0.2, 0.25) is 0 Å². The normalized spacial score (nSPS) is 20.5. The minimum Gasteiger partial charge on any atom is -0.476 e. The highest BCUT2D eigenvalue weighted by atomic mass is 16.5. The number of pyridine rings is 1. The van der Waals surface area contributed by atoms with Crippen LogP contribution in [-0.4, -0.2) is 75.5 Å². The van der Waals surface area contributed by atoms with Crippen LogP contribution in [0, 0.1) is 0 Å². The second-order valence-electron chi connectivity index (χ2n) is 5.37. The van der Waals surface area contributed by atoms with E-state index in [0.29, 0.717) is 6.61 Å². The molecular formula is C15H24N4O2. The quantitative estimate of drug-likeness (QED) is 0.837. The van der Waals surface area contributed by atoms with Crippen molar-refractivity contribution >= 4 is 5.82 Å². The highest BCUT2D eigenvalue weighted by Crippen LogP contribution is 2.16. The number of piperazine rings is 1. The predicted octanol–water partition coefficient (Wildman–Crippen LogP) is 0.202. The third-order valence-electron chi connectivity index (χ3n) is 3.91. The topological polar surface area (TPSA) is 49.9 Å². The summed E-state index contributed by atoms with van der Waals surface area (Å²) >= 11 is 0. The van der Waals surface area contributed by atoms with Gasteiger partial charge in [-0.25, -0.2) is 0 Å². The van der Waals surface area contributed by atoms with E-state index in [2.05, 4.69) is 26.2 Å². The smallest absolute Gasteiger partial charge is 0.215 e. The van der Waals surface area contributed by atoms with Gasteiger partial charge in [0.05, 0.1) is 13.2 Å².